The van der Waals surface area contributed by atoms with Gasteiger partial charge in [0.15, 0.2) is 0 Å². The van der Waals surface area contributed by atoms with Crippen LogP contribution < -0.4 is 16.0 Å². The number of nitrogens with zero attached hydrogens (tertiary/aromatic N) is 1. The summed E-state index contributed by atoms with van der Waals surface area (Å²) >= 11 is 0. The zero-order chi connectivity index (χ0) is 18.5. The second-order valence-electron chi connectivity index (χ2n) is 7.70. The molecule has 144 valence electrons. The molecule has 1 aliphatic heterocycles. The maximum atomic E-state index is 13.3. The first-order valence-electron chi connectivity index (χ1n) is 9.77. The normalized spacial score (nSPS) is 19.9. The molecule has 2 aliphatic rings. The molecule has 6 heteroatoms. The number of halogens is 1. The van der Waals surface area contributed by atoms with E-state index in [0.717, 1.165) is 43.5 Å². The fraction of sp³-hybridized carbons (Fsp3) is 0.650. The first-order chi connectivity index (χ1) is 12.6. The predicted molar refractivity (Wildman–Crippen MR) is 101 cm³/mol. The number of rotatable bonds is 7. The number of anilines is 1. The van der Waals surface area contributed by atoms with Crippen LogP contribution in [0.5, 0.6) is 0 Å². The topological polar surface area (TPSA) is 78.6 Å². The molecule has 0 bridgehead atoms. The Bertz CT molecular complexity index is 619. The minimum Gasteiger partial charge on any atom is -0.394 e. The number of carbonyl (C=O) groups is 1. The van der Waals surface area contributed by atoms with Crippen LogP contribution in [0.3, 0.4) is 0 Å². The van der Waals surface area contributed by atoms with E-state index in [0.29, 0.717) is 12.5 Å². The standard InChI is InChI=1S/C20H30FN3O2/c21-16-6-7-19-15(11-16)8-9-24(19)12-17(13-25)23-20(26)18(22)10-14-4-2-1-3-5-14/h6-7,11,14,17-18,25H,1-5,8-10,12-13,22H2,(H,23,26)/t17-,18+/m1/s1. The minimum absolute atomic E-state index is 0.144. The Hall–Kier alpha value is -1.66. The van der Waals surface area contributed by atoms with Gasteiger partial charge in [0, 0.05) is 18.8 Å². The Balaban J connectivity index is 1.52. The summed E-state index contributed by atoms with van der Waals surface area (Å²) in [5.74, 6) is 0.122. The second kappa shape index (κ2) is 8.82. The molecule has 1 heterocycles. The van der Waals surface area contributed by atoms with Gasteiger partial charge in [-0.25, -0.2) is 4.39 Å². The van der Waals surface area contributed by atoms with Crippen LogP contribution >= 0.6 is 0 Å². The molecule has 1 aromatic rings. The second-order valence-corrected chi connectivity index (χ2v) is 7.70. The number of nitrogens with one attached hydrogen (secondary N) is 1. The van der Waals surface area contributed by atoms with Crippen molar-refractivity contribution >= 4 is 11.6 Å². The van der Waals surface area contributed by atoms with Gasteiger partial charge in [0.2, 0.25) is 5.91 Å². The summed E-state index contributed by atoms with van der Waals surface area (Å²) in [5, 5.41) is 12.6. The van der Waals surface area contributed by atoms with Gasteiger partial charge in [-0.05, 0) is 42.5 Å². The van der Waals surface area contributed by atoms with E-state index in [1.54, 1.807) is 12.1 Å². The Morgan fingerprint density at radius 3 is 2.85 bits per heavy atom. The molecule has 0 saturated heterocycles. The number of carbonyl (C=O) groups excluding carboxylic acids is 1. The van der Waals surface area contributed by atoms with E-state index in [2.05, 4.69) is 10.2 Å². The van der Waals surface area contributed by atoms with E-state index in [1.807, 2.05) is 0 Å². The van der Waals surface area contributed by atoms with Crippen molar-refractivity contribution in [1.82, 2.24) is 5.32 Å². The van der Waals surface area contributed by atoms with Gasteiger partial charge in [0.05, 0.1) is 18.7 Å². The van der Waals surface area contributed by atoms with Crippen molar-refractivity contribution in [2.45, 2.75) is 57.0 Å². The number of amides is 1. The van der Waals surface area contributed by atoms with Crippen LogP contribution in [0.4, 0.5) is 10.1 Å². The van der Waals surface area contributed by atoms with Crippen molar-refractivity contribution in [1.29, 1.82) is 0 Å². The van der Waals surface area contributed by atoms with Gasteiger partial charge in [-0.15, -0.1) is 0 Å². The molecule has 2 atom stereocenters. The molecule has 0 spiro atoms. The van der Waals surface area contributed by atoms with Gasteiger partial charge in [0.1, 0.15) is 5.82 Å². The lowest BCUT2D eigenvalue weighted by atomic mass is 9.85. The highest BCUT2D eigenvalue weighted by atomic mass is 19.1. The average molecular weight is 363 g/mol. The predicted octanol–water partition coefficient (Wildman–Crippen LogP) is 1.96. The smallest absolute Gasteiger partial charge is 0.237 e. The molecule has 0 aromatic heterocycles. The van der Waals surface area contributed by atoms with Crippen LogP contribution in [0.2, 0.25) is 0 Å². The van der Waals surface area contributed by atoms with Crippen molar-refractivity contribution in [3.8, 4) is 0 Å². The van der Waals surface area contributed by atoms with Crippen molar-refractivity contribution in [2.75, 3.05) is 24.6 Å². The molecular weight excluding hydrogens is 333 g/mol. The maximum Gasteiger partial charge on any atom is 0.237 e. The van der Waals surface area contributed by atoms with Gasteiger partial charge in [-0.3, -0.25) is 4.79 Å². The number of hydrogen-bond donors (Lipinski definition) is 3. The molecule has 4 N–H and O–H groups in total. The highest BCUT2D eigenvalue weighted by molar-refractivity contribution is 5.81. The summed E-state index contributed by atoms with van der Waals surface area (Å²) in [6.07, 6.45) is 7.56. The number of benzene rings is 1. The SMILES string of the molecule is N[C@@H](CC1CCCCC1)C(=O)N[C@@H](CO)CN1CCc2cc(F)ccc21. The Labute approximate surface area is 154 Å². The lowest BCUT2D eigenvalue weighted by molar-refractivity contribution is -0.123. The fourth-order valence-electron chi connectivity index (χ4n) is 4.24. The number of hydrogen-bond acceptors (Lipinski definition) is 4. The molecule has 1 fully saturated rings. The van der Waals surface area contributed by atoms with Gasteiger partial charge >= 0.3 is 0 Å². The maximum absolute atomic E-state index is 13.3. The molecule has 3 rings (SSSR count). The van der Waals surface area contributed by atoms with Crippen LogP contribution in [-0.4, -0.2) is 42.8 Å². The van der Waals surface area contributed by atoms with Crippen LogP contribution in [0, 0.1) is 11.7 Å². The third-order valence-electron chi connectivity index (χ3n) is 5.69. The monoisotopic (exact) mass is 363 g/mol. The van der Waals surface area contributed by atoms with E-state index in [1.165, 1.54) is 25.3 Å². The molecular formula is C20H30FN3O2. The third kappa shape index (κ3) is 4.74. The van der Waals surface area contributed by atoms with E-state index >= 15 is 0 Å². The number of aliphatic hydroxyl groups excluding tert-OH is 1. The lowest BCUT2D eigenvalue weighted by Crippen LogP contribution is -2.51. The van der Waals surface area contributed by atoms with E-state index in [-0.39, 0.29) is 24.4 Å². The highest BCUT2D eigenvalue weighted by Crippen LogP contribution is 2.29. The number of fused-ring (bicyclic) bond motifs is 1. The summed E-state index contributed by atoms with van der Waals surface area (Å²) in [6.45, 7) is 1.12. The zero-order valence-corrected chi connectivity index (χ0v) is 15.3. The van der Waals surface area contributed by atoms with Crippen molar-refractivity contribution in [3.63, 3.8) is 0 Å². The molecule has 26 heavy (non-hydrogen) atoms. The summed E-state index contributed by atoms with van der Waals surface area (Å²) in [4.78, 5) is 14.5. The van der Waals surface area contributed by atoms with Crippen molar-refractivity contribution in [3.05, 3.63) is 29.6 Å². The summed E-state index contributed by atoms with van der Waals surface area (Å²) < 4.78 is 13.3. The van der Waals surface area contributed by atoms with Crippen LogP contribution in [-0.2, 0) is 11.2 Å². The Kier molecular flexibility index (Phi) is 6.48. The molecule has 1 aliphatic carbocycles. The molecule has 1 amide bonds. The van der Waals surface area contributed by atoms with Crippen LogP contribution in [0.1, 0.15) is 44.1 Å². The molecule has 0 unspecified atom stereocenters. The number of nitrogens with two attached hydrogens (primary N) is 1. The zero-order valence-electron chi connectivity index (χ0n) is 15.3. The molecule has 5 nitrogen and oxygen atoms in total. The quantitative estimate of drug-likeness (QED) is 0.692. The van der Waals surface area contributed by atoms with Gasteiger partial charge < -0.3 is 21.1 Å². The summed E-state index contributed by atoms with van der Waals surface area (Å²) in [5.41, 5.74) is 8.05. The largest absolute Gasteiger partial charge is 0.394 e. The van der Waals surface area contributed by atoms with E-state index in [9.17, 15) is 14.3 Å². The third-order valence-corrected chi connectivity index (χ3v) is 5.69. The van der Waals surface area contributed by atoms with Crippen molar-refractivity contribution in [2.24, 2.45) is 11.7 Å². The van der Waals surface area contributed by atoms with Crippen LogP contribution in [0.15, 0.2) is 18.2 Å². The Morgan fingerprint density at radius 2 is 2.12 bits per heavy atom. The number of aliphatic hydroxyl groups is 1. The van der Waals surface area contributed by atoms with E-state index < -0.39 is 6.04 Å². The first-order valence-corrected chi connectivity index (χ1v) is 9.77. The molecule has 0 radical (unpaired) electrons. The molecule has 1 saturated carbocycles. The lowest BCUT2D eigenvalue weighted by Gasteiger charge is -2.28. The Morgan fingerprint density at radius 1 is 1.35 bits per heavy atom. The highest BCUT2D eigenvalue weighted by Gasteiger charge is 2.26. The van der Waals surface area contributed by atoms with Gasteiger partial charge in [-0.2, -0.15) is 0 Å². The summed E-state index contributed by atoms with van der Waals surface area (Å²) in [7, 11) is 0. The summed E-state index contributed by atoms with van der Waals surface area (Å²) in [6, 6.07) is 3.87. The van der Waals surface area contributed by atoms with Gasteiger partial charge in [0.25, 0.3) is 0 Å². The molecule has 1 aromatic carbocycles. The fourth-order valence-corrected chi connectivity index (χ4v) is 4.24. The van der Waals surface area contributed by atoms with E-state index in [4.69, 9.17) is 5.73 Å². The van der Waals surface area contributed by atoms with Gasteiger partial charge in [-0.1, -0.05) is 32.1 Å². The van der Waals surface area contributed by atoms with Crippen LogP contribution in [0.25, 0.3) is 0 Å². The first kappa shape index (κ1) is 19.1. The minimum atomic E-state index is -0.521. The average Bonchev–Trinajstić information content (AvgIpc) is 3.03. The van der Waals surface area contributed by atoms with Crippen molar-refractivity contribution < 1.29 is 14.3 Å².